The molecule has 0 spiro atoms. The van der Waals surface area contributed by atoms with E-state index in [4.69, 9.17) is 16.9 Å². The van der Waals surface area contributed by atoms with Gasteiger partial charge in [-0.15, -0.1) is 0 Å². The van der Waals surface area contributed by atoms with Crippen LogP contribution >= 0.6 is 11.6 Å². The summed E-state index contributed by atoms with van der Waals surface area (Å²) in [6.45, 7) is 0. The Morgan fingerprint density at radius 1 is 1.17 bits per heavy atom. The van der Waals surface area contributed by atoms with Crippen molar-refractivity contribution in [2.45, 2.75) is 0 Å². The van der Waals surface area contributed by atoms with Crippen LogP contribution in [0.3, 0.4) is 0 Å². The first-order chi connectivity index (χ1) is 11.2. The zero-order chi connectivity index (χ0) is 16.2. The van der Waals surface area contributed by atoms with Crippen LogP contribution in [0.5, 0.6) is 0 Å². The summed E-state index contributed by atoms with van der Waals surface area (Å²) < 4.78 is 1.64. The molecule has 1 aromatic carbocycles. The Hall–Kier alpha value is -2.90. The van der Waals surface area contributed by atoms with Gasteiger partial charge in [-0.1, -0.05) is 48.0 Å². The van der Waals surface area contributed by atoms with Crippen molar-refractivity contribution in [3.8, 4) is 17.3 Å². The van der Waals surface area contributed by atoms with Crippen LogP contribution in [-0.4, -0.2) is 14.8 Å². The number of rotatable bonds is 3. The van der Waals surface area contributed by atoms with E-state index < -0.39 is 0 Å². The molecular formula is C18H13ClN4. The number of nitriles is 1. The summed E-state index contributed by atoms with van der Waals surface area (Å²) in [6.07, 6.45) is 6.94. The molecule has 112 valence electrons. The van der Waals surface area contributed by atoms with Crippen molar-refractivity contribution in [3.63, 3.8) is 0 Å². The maximum absolute atomic E-state index is 9.14. The molecule has 0 unspecified atom stereocenters. The molecule has 3 aromatic rings. The van der Waals surface area contributed by atoms with Crippen LogP contribution in [0, 0.1) is 11.3 Å². The van der Waals surface area contributed by atoms with Gasteiger partial charge in [0.05, 0.1) is 5.56 Å². The third-order valence-corrected chi connectivity index (χ3v) is 3.91. The molecule has 0 radical (unpaired) electrons. The number of hydrogen-bond acceptors (Lipinski definition) is 3. The normalized spacial score (nSPS) is 10.8. The van der Waals surface area contributed by atoms with Gasteiger partial charge in [0, 0.05) is 30.6 Å². The molecule has 4 nitrogen and oxygen atoms in total. The highest BCUT2D eigenvalue weighted by Crippen LogP contribution is 2.30. The fourth-order valence-corrected chi connectivity index (χ4v) is 2.48. The Balaban J connectivity index is 2.07. The number of halogens is 1. The van der Waals surface area contributed by atoms with Crippen molar-refractivity contribution in [2.75, 3.05) is 0 Å². The Kier molecular flexibility index (Phi) is 4.22. The molecular weight excluding hydrogens is 308 g/mol. The van der Waals surface area contributed by atoms with Crippen LogP contribution in [0.25, 0.3) is 23.4 Å². The number of aryl methyl sites for hydroxylation is 1. The molecule has 0 amide bonds. The number of nitrogens with zero attached hydrogens (tertiary/aromatic N) is 4. The number of benzene rings is 1. The highest BCUT2D eigenvalue weighted by Gasteiger charge is 2.13. The van der Waals surface area contributed by atoms with Crippen molar-refractivity contribution in [2.24, 2.45) is 7.05 Å². The van der Waals surface area contributed by atoms with E-state index in [1.54, 1.807) is 30.2 Å². The third-order valence-electron chi connectivity index (χ3n) is 3.46. The molecule has 0 N–H and O–H groups in total. The van der Waals surface area contributed by atoms with E-state index >= 15 is 0 Å². The Bertz CT molecular complexity index is 905. The lowest BCUT2D eigenvalue weighted by atomic mass is 10.1. The van der Waals surface area contributed by atoms with Gasteiger partial charge in [-0.3, -0.25) is 9.67 Å². The van der Waals surface area contributed by atoms with E-state index in [0.717, 1.165) is 22.4 Å². The van der Waals surface area contributed by atoms with Crippen LogP contribution in [0.1, 0.15) is 16.7 Å². The second-order valence-corrected chi connectivity index (χ2v) is 5.31. The Morgan fingerprint density at radius 3 is 2.70 bits per heavy atom. The summed E-state index contributed by atoms with van der Waals surface area (Å²) in [5, 5.41) is 14.2. The smallest absolute Gasteiger partial charge is 0.134 e. The van der Waals surface area contributed by atoms with Gasteiger partial charge in [0.2, 0.25) is 0 Å². The van der Waals surface area contributed by atoms with Crippen molar-refractivity contribution in [1.82, 2.24) is 14.8 Å². The number of hydrogen-bond donors (Lipinski definition) is 0. The summed E-state index contributed by atoms with van der Waals surface area (Å²) in [5.74, 6) is 0. The molecule has 23 heavy (non-hydrogen) atoms. The fraction of sp³-hybridized carbons (Fsp3) is 0.0556. The van der Waals surface area contributed by atoms with Crippen LogP contribution in [-0.2, 0) is 7.05 Å². The van der Waals surface area contributed by atoms with E-state index in [1.165, 1.54) is 0 Å². The summed E-state index contributed by atoms with van der Waals surface area (Å²) in [4.78, 5) is 3.96. The highest BCUT2D eigenvalue weighted by atomic mass is 35.5. The lowest BCUT2D eigenvalue weighted by molar-refractivity contribution is 0.771. The molecule has 0 fully saturated rings. The van der Waals surface area contributed by atoms with Crippen LogP contribution in [0.15, 0.2) is 48.8 Å². The largest absolute Gasteiger partial charge is 0.263 e. The second kappa shape index (κ2) is 6.47. The van der Waals surface area contributed by atoms with Crippen molar-refractivity contribution >= 4 is 23.8 Å². The minimum absolute atomic E-state index is 0.519. The Labute approximate surface area is 139 Å². The van der Waals surface area contributed by atoms with Crippen molar-refractivity contribution in [3.05, 3.63) is 70.6 Å². The van der Waals surface area contributed by atoms with Gasteiger partial charge in [-0.2, -0.15) is 10.4 Å². The lowest BCUT2D eigenvalue weighted by Crippen LogP contribution is -1.89. The molecule has 0 aliphatic rings. The van der Waals surface area contributed by atoms with Crippen LogP contribution < -0.4 is 0 Å². The maximum atomic E-state index is 9.14. The molecule has 0 atom stereocenters. The Morgan fingerprint density at radius 2 is 1.96 bits per heavy atom. The molecule has 2 aromatic heterocycles. The van der Waals surface area contributed by atoms with E-state index in [9.17, 15) is 0 Å². The van der Waals surface area contributed by atoms with E-state index in [0.29, 0.717) is 10.7 Å². The lowest BCUT2D eigenvalue weighted by Gasteiger charge is -1.99. The zero-order valence-corrected chi connectivity index (χ0v) is 13.2. The first-order valence-corrected chi connectivity index (χ1v) is 7.38. The topological polar surface area (TPSA) is 54.5 Å². The SMILES string of the molecule is Cn1nc(-c2ccccc2)c(/C=C/c2ccncc2C#N)c1Cl. The summed E-state index contributed by atoms with van der Waals surface area (Å²) >= 11 is 6.38. The van der Waals surface area contributed by atoms with E-state index in [1.807, 2.05) is 42.5 Å². The molecule has 0 saturated carbocycles. The number of pyridine rings is 1. The molecule has 3 rings (SSSR count). The van der Waals surface area contributed by atoms with Crippen molar-refractivity contribution in [1.29, 1.82) is 5.26 Å². The minimum Gasteiger partial charge on any atom is -0.263 e. The van der Waals surface area contributed by atoms with Gasteiger partial charge in [0.1, 0.15) is 16.9 Å². The maximum Gasteiger partial charge on any atom is 0.134 e. The first kappa shape index (κ1) is 15.0. The monoisotopic (exact) mass is 320 g/mol. The summed E-state index contributed by atoms with van der Waals surface area (Å²) in [5.41, 5.74) is 3.93. The zero-order valence-electron chi connectivity index (χ0n) is 12.4. The number of aromatic nitrogens is 3. The van der Waals surface area contributed by atoms with Gasteiger partial charge in [0.25, 0.3) is 0 Å². The predicted octanol–water partition coefficient (Wildman–Crippen LogP) is 4.18. The standard InChI is InChI=1S/C18H13ClN4/c1-23-18(19)16(17(22-23)14-5-3-2-4-6-14)8-7-13-9-10-21-12-15(13)11-20/h2-10,12H,1H3/b8-7+. The van der Waals surface area contributed by atoms with Crippen LogP contribution in [0.2, 0.25) is 5.15 Å². The van der Waals surface area contributed by atoms with Gasteiger partial charge < -0.3 is 0 Å². The van der Waals surface area contributed by atoms with Crippen LogP contribution in [0.4, 0.5) is 0 Å². The molecule has 5 heteroatoms. The minimum atomic E-state index is 0.519. The fourth-order valence-electron chi connectivity index (χ4n) is 2.29. The van der Waals surface area contributed by atoms with E-state index in [2.05, 4.69) is 16.2 Å². The molecule has 0 saturated heterocycles. The van der Waals surface area contributed by atoms with Gasteiger partial charge in [-0.25, -0.2) is 0 Å². The quantitative estimate of drug-likeness (QED) is 0.727. The first-order valence-electron chi connectivity index (χ1n) is 7.01. The molecule has 0 bridgehead atoms. The average molecular weight is 321 g/mol. The van der Waals surface area contributed by atoms with Gasteiger partial charge in [0.15, 0.2) is 0 Å². The third kappa shape index (κ3) is 3.01. The second-order valence-electron chi connectivity index (χ2n) is 4.95. The van der Waals surface area contributed by atoms with Crippen molar-refractivity contribution < 1.29 is 0 Å². The van der Waals surface area contributed by atoms with Gasteiger partial charge >= 0.3 is 0 Å². The van der Waals surface area contributed by atoms with Gasteiger partial charge in [-0.05, 0) is 17.7 Å². The summed E-state index contributed by atoms with van der Waals surface area (Å²) in [6, 6.07) is 13.8. The molecule has 0 aliphatic heterocycles. The van der Waals surface area contributed by atoms with E-state index in [-0.39, 0.29) is 0 Å². The molecule has 2 heterocycles. The highest BCUT2D eigenvalue weighted by molar-refractivity contribution is 6.31. The predicted molar refractivity (Wildman–Crippen MR) is 91.5 cm³/mol. The average Bonchev–Trinajstić information content (AvgIpc) is 2.89. The summed E-state index contributed by atoms with van der Waals surface area (Å²) in [7, 11) is 1.80. The molecule has 0 aliphatic carbocycles.